The van der Waals surface area contributed by atoms with Crippen molar-refractivity contribution in [2.45, 2.75) is 96.8 Å². The minimum Gasteiger partial charge on any atom is -0.480 e. The largest absolute Gasteiger partial charge is 0.480 e. The SMILES string of the molecule is CCCCCCCCCCCCCCCC(=O)N(C)CC(=O)O.[K]. The van der Waals surface area contributed by atoms with Crippen LogP contribution in [-0.4, -0.2) is 86.9 Å². The Labute approximate surface area is 191 Å². The average molecular weight is 367 g/mol. The number of amides is 1. The van der Waals surface area contributed by atoms with Crippen molar-refractivity contribution in [3.63, 3.8) is 0 Å². The molecule has 0 heterocycles. The molecule has 24 heavy (non-hydrogen) atoms. The second-order valence-electron chi connectivity index (χ2n) is 6.64. The van der Waals surface area contributed by atoms with Gasteiger partial charge in [-0.05, 0) is 6.42 Å². The van der Waals surface area contributed by atoms with Crippen LogP contribution in [0.3, 0.4) is 0 Å². The van der Waals surface area contributed by atoms with Gasteiger partial charge in [0.25, 0.3) is 0 Å². The van der Waals surface area contributed by atoms with Gasteiger partial charge in [-0.2, -0.15) is 0 Å². The van der Waals surface area contributed by atoms with Gasteiger partial charge in [-0.25, -0.2) is 0 Å². The molecule has 4 nitrogen and oxygen atoms in total. The molecule has 0 unspecified atom stereocenters. The minimum atomic E-state index is -0.953. The first-order valence-electron chi connectivity index (χ1n) is 9.53. The van der Waals surface area contributed by atoms with E-state index in [0.29, 0.717) is 6.42 Å². The van der Waals surface area contributed by atoms with Crippen molar-refractivity contribution >= 4 is 63.3 Å². The zero-order valence-corrected chi connectivity index (χ0v) is 19.4. The van der Waals surface area contributed by atoms with Gasteiger partial charge >= 0.3 is 5.97 Å². The smallest absolute Gasteiger partial charge is 0.323 e. The van der Waals surface area contributed by atoms with Crippen molar-refractivity contribution in [2.75, 3.05) is 13.6 Å². The summed E-state index contributed by atoms with van der Waals surface area (Å²) in [6, 6.07) is 0. The van der Waals surface area contributed by atoms with Crippen LogP contribution < -0.4 is 0 Å². The average Bonchev–Trinajstić information content (AvgIpc) is 2.51. The first-order valence-corrected chi connectivity index (χ1v) is 9.53. The number of hydrogen-bond acceptors (Lipinski definition) is 2. The Kier molecular flexibility index (Phi) is 22.2. The molecule has 1 N–H and O–H groups in total. The maximum Gasteiger partial charge on any atom is 0.323 e. The molecule has 0 aliphatic rings. The topological polar surface area (TPSA) is 57.6 Å². The molecule has 0 rings (SSSR count). The summed E-state index contributed by atoms with van der Waals surface area (Å²) in [5, 5.41) is 8.62. The van der Waals surface area contributed by atoms with Crippen LogP contribution in [0, 0.1) is 0 Å². The third kappa shape index (κ3) is 18.9. The molecular formula is C19H37KNO3. The number of rotatable bonds is 16. The Bertz CT molecular complexity index is 311. The van der Waals surface area contributed by atoms with Gasteiger partial charge in [0, 0.05) is 64.9 Å². The normalized spacial score (nSPS) is 10.2. The fourth-order valence-corrected chi connectivity index (χ4v) is 2.78. The summed E-state index contributed by atoms with van der Waals surface area (Å²) in [5.41, 5.74) is 0. The molecule has 0 atom stereocenters. The molecule has 137 valence electrons. The molecular weight excluding hydrogens is 329 g/mol. The second-order valence-corrected chi connectivity index (χ2v) is 6.64. The zero-order chi connectivity index (χ0) is 17.3. The van der Waals surface area contributed by atoms with Gasteiger partial charge < -0.3 is 10.0 Å². The molecule has 0 spiro atoms. The van der Waals surface area contributed by atoms with Crippen LogP contribution in [0.1, 0.15) is 96.8 Å². The van der Waals surface area contributed by atoms with E-state index in [1.165, 1.54) is 75.5 Å². The molecule has 0 fully saturated rings. The van der Waals surface area contributed by atoms with E-state index in [1.54, 1.807) is 7.05 Å². The summed E-state index contributed by atoms with van der Waals surface area (Å²) in [7, 11) is 1.55. The van der Waals surface area contributed by atoms with Gasteiger partial charge in [-0.3, -0.25) is 9.59 Å². The number of carboxylic acids is 1. The number of likely N-dealkylation sites (N-methyl/N-ethyl adjacent to an activating group) is 1. The Hall–Kier alpha value is 0.576. The second kappa shape index (κ2) is 19.9. The molecule has 0 saturated heterocycles. The molecule has 0 saturated carbocycles. The van der Waals surface area contributed by atoms with Crippen LogP contribution >= 0.6 is 0 Å². The standard InChI is InChI=1S/C19H37NO3.K/c1-3-4-5-6-7-8-9-10-11-12-13-14-15-16-18(21)20(2)17-19(22)23;/h3-17H2,1-2H3,(H,22,23);. The van der Waals surface area contributed by atoms with E-state index in [2.05, 4.69) is 6.92 Å². The van der Waals surface area contributed by atoms with Gasteiger partial charge in [0.2, 0.25) is 5.91 Å². The van der Waals surface area contributed by atoms with Gasteiger partial charge in [0.15, 0.2) is 0 Å². The van der Waals surface area contributed by atoms with E-state index in [1.807, 2.05) is 0 Å². The predicted octanol–water partition coefficient (Wildman–Crippen LogP) is 4.63. The van der Waals surface area contributed by atoms with E-state index in [0.717, 1.165) is 12.8 Å². The summed E-state index contributed by atoms with van der Waals surface area (Å²) in [4.78, 5) is 23.4. The van der Waals surface area contributed by atoms with E-state index >= 15 is 0 Å². The number of carbonyl (C=O) groups is 2. The minimum absolute atomic E-state index is 0. The van der Waals surface area contributed by atoms with Crippen molar-refractivity contribution < 1.29 is 14.7 Å². The van der Waals surface area contributed by atoms with Gasteiger partial charge in [0.1, 0.15) is 6.54 Å². The Morgan fingerprint density at radius 2 is 1.12 bits per heavy atom. The van der Waals surface area contributed by atoms with E-state index in [-0.39, 0.29) is 63.8 Å². The maximum absolute atomic E-state index is 11.6. The third-order valence-corrected chi connectivity index (χ3v) is 4.29. The van der Waals surface area contributed by atoms with Crippen molar-refractivity contribution in [2.24, 2.45) is 0 Å². The predicted molar refractivity (Wildman–Crippen MR) is 101 cm³/mol. The molecule has 5 heteroatoms. The third-order valence-electron chi connectivity index (χ3n) is 4.29. The van der Waals surface area contributed by atoms with Gasteiger partial charge in [0.05, 0.1) is 0 Å². The number of carbonyl (C=O) groups excluding carboxylic acids is 1. The van der Waals surface area contributed by atoms with E-state index < -0.39 is 5.97 Å². The first-order chi connectivity index (χ1) is 11.1. The number of unbranched alkanes of at least 4 members (excludes halogenated alkanes) is 12. The van der Waals surface area contributed by atoms with E-state index in [4.69, 9.17) is 5.11 Å². The summed E-state index contributed by atoms with van der Waals surface area (Å²) in [6.45, 7) is 2.06. The zero-order valence-electron chi connectivity index (χ0n) is 16.3. The van der Waals surface area contributed by atoms with Crippen LogP contribution in [0.2, 0.25) is 0 Å². The van der Waals surface area contributed by atoms with Crippen LogP contribution in [-0.2, 0) is 9.59 Å². The first kappa shape index (κ1) is 26.8. The van der Waals surface area contributed by atoms with Gasteiger partial charge in [-0.15, -0.1) is 0 Å². The number of aliphatic carboxylic acids is 1. The van der Waals surface area contributed by atoms with Gasteiger partial charge in [-0.1, -0.05) is 84.0 Å². The molecule has 0 aromatic rings. The molecule has 1 radical (unpaired) electrons. The summed E-state index contributed by atoms with van der Waals surface area (Å²) in [6.07, 6.45) is 17.2. The Morgan fingerprint density at radius 3 is 1.50 bits per heavy atom. The van der Waals surface area contributed by atoms with Crippen molar-refractivity contribution in [1.29, 1.82) is 0 Å². The molecule has 0 aliphatic carbocycles. The Morgan fingerprint density at radius 1 is 0.750 bits per heavy atom. The Balaban J connectivity index is 0. The maximum atomic E-state index is 11.6. The van der Waals surface area contributed by atoms with E-state index in [9.17, 15) is 9.59 Å². The van der Waals surface area contributed by atoms with Crippen molar-refractivity contribution in [3.8, 4) is 0 Å². The molecule has 0 aromatic heterocycles. The summed E-state index contributed by atoms with van der Waals surface area (Å²) >= 11 is 0. The van der Waals surface area contributed by atoms with Crippen LogP contribution in [0.25, 0.3) is 0 Å². The van der Waals surface area contributed by atoms with Crippen molar-refractivity contribution in [1.82, 2.24) is 4.90 Å². The van der Waals surface area contributed by atoms with Crippen LogP contribution in [0.15, 0.2) is 0 Å². The molecule has 0 aromatic carbocycles. The monoisotopic (exact) mass is 366 g/mol. The quantitative estimate of drug-likeness (QED) is 0.320. The van der Waals surface area contributed by atoms with Crippen LogP contribution in [0.4, 0.5) is 0 Å². The number of hydrogen-bond donors (Lipinski definition) is 1. The fraction of sp³-hybridized carbons (Fsp3) is 0.895. The fourth-order valence-electron chi connectivity index (χ4n) is 2.78. The van der Waals surface area contributed by atoms with Crippen LogP contribution in [0.5, 0.6) is 0 Å². The molecule has 0 bridgehead atoms. The molecule has 0 aliphatic heterocycles. The number of nitrogens with zero attached hydrogens (tertiary/aromatic N) is 1. The van der Waals surface area contributed by atoms with Crippen molar-refractivity contribution in [3.05, 3.63) is 0 Å². The summed E-state index contributed by atoms with van der Waals surface area (Å²) < 4.78 is 0. The summed E-state index contributed by atoms with van der Waals surface area (Å²) in [5.74, 6) is -1.01. The molecule has 1 amide bonds. The number of carboxylic acid groups (broad SMARTS) is 1.